The second-order valence-corrected chi connectivity index (χ2v) is 4.37. The maximum atomic E-state index is 13.3. The molecule has 1 aromatic rings. The van der Waals surface area contributed by atoms with E-state index in [0.29, 0.717) is 12.5 Å². The molecule has 1 nitrogen and oxygen atoms in total. The van der Waals surface area contributed by atoms with Crippen LogP contribution in [0.15, 0.2) is 6.07 Å². The van der Waals surface area contributed by atoms with Crippen molar-refractivity contribution in [3.05, 3.63) is 29.3 Å². The Morgan fingerprint density at radius 2 is 1.53 bits per heavy atom. The van der Waals surface area contributed by atoms with Crippen LogP contribution in [-0.2, 0) is 0 Å². The van der Waals surface area contributed by atoms with Gasteiger partial charge < -0.3 is 5.32 Å². The zero-order valence-corrected chi connectivity index (χ0v) is 9.20. The molecule has 1 aliphatic rings. The number of hydrogen-bond acceptors (Lipinski definition) is 1. The molecule has 0 aromatic heterocycles. The smallest absolute Gasteiger partial charge is 0.185 e. The van der Waals surface area contributed by atoms with Crippen molar-refractivity contribution in [3.63, 3.8) is 0 Å². The molecule has 0 radical (unpaired) electrons. The van der Waals surface area contributed by atoms with Crippen LogP contribution >= 0.6 is 0 Å². The zero-order chi connectivity index (χ0) is 12.4. The third-order valence-corrected chi connectivity index (χ3v) is 3.15. The van der Waals surface area contributed by atoms with Gasteiger partial charge in [-0.3, -0.25) is 0 Å². The minimum Gasteiger partial charge on any atom is -0.380 e. The Morgan fingerprint density at radius 3 is 2.06 bits per heavy atom. The lowest BCUT2D eigenvalue weighted by Crippen LogP contribution is -2.14. The number of hydrogen-bond donors (Lipinski definition) is 1. The number of anilines is 1. The van der Waals surface area contributed by atoms with Crippen molar-refractivity contribution in [1.29, 1.82) is 0 Å². The van der Waals surface area contributed by atoms with Crippen LogP contribution in [0.5, 0.6) is 0 Å². The Labute approximate surface area is 96.8 Å². The van der Waals surface area contributed by atoms with Crippen LogP contribution in [0.1, 0.15) is 25.7 Å². The predicted octanol–water partition coefficient (Wildman–Crippen LogP) is 3.85. The summed E-state index contributed by atoms with van der Waals surface area (Å²) in [6, 6.07) is 0.214. The molecule has 1 aromatic carbocycles. The van der Waals surface area contributed by atoms with Crippen LogP contribution in [0.2, 0.25) is 0 Å². The van der Waals surface area contributed by atoms with Gasteiger partial charge in [0.2, 0.25) is 0 Å². The van der Waals surface area contributed by atoms with E-state index >= 15 is 0 Å². The lowest BCUT2D eigenvalue weighted by molar-refractivity contribution is 0.456. The number of nitrogens with one attached hydrogen (secondary N) is 1. The molecule has 0 spiro atoms. The van der Waals surface area contributed by atoms with Crippen molar-refractivity contribution in [3.8, 4) is 0 Å². The van der Waals surface area contributed by atoms with Gasteiger partial charge in [-0.25, -0.2) is 17.6 Å². The zero-order valence-electron chi connectivity index (χ0n) is 9.20. The van der Waals surface area contributed by atoms with Crippen molar-refractivity contribution in [2.75, 3.05) is 11.9 Å². The molecule has 0 atom stereocenters. The molecule has 0 unspecified atom stereocenters. The molecule has 2 rings (SSSR count). The quantitative estimate of drug-likeness (QED) is 0.632. The van der Waals surface area contributed by atoms with Gasteiger partial charge in [0.25, 0.3) is 0 Å². The van der Waals surface area contributed by atoms with Crippen LogP contribution in [0, 0.1) is 29.2 Å². The number of benzene rings is 1. The fraction of sp³-hybridized carbons (Fsp3) is 0.500. The van der Waals surface area contributed by atoms with E-state index in [1.54, 1.807) is 0 Å². The summed E-state index contributed by atoms with van der Waals surface area (Å²) in [5, 5.41) is 2.47. The van der Waals surface area contributed by atoms with Gasteiger partial charge in [0, 0.05) is 12.6 Å². The van der Waals surface area contributed by atoms with Crippen LogP contribution in [0.25, 0.3) is 0 Å². The summed E-state index contributed by atoms with van der Waals surface area (Å²) in [7, 11) is 0. The highest BCUT2D eigenvalue weighted by molar-refractivity contribution is 5.47. The first-order valence-corrected chi connectivity index (χ1v) is 5.66. The lowest BCUT2D eigenvalue weighted by Gasteiger charge is -2.13. The Balaban J connectivity index is 2.13. The van der Waals surface area contributed by atoms with Crippen LogP contribution in [-0.4, -0.2) is 6.54 Å². The SMILES string of the molecule is Fc1cc(F)c(F)c(NCC2CCCC2)c1F. The molecule has 1 fully saturated rings. The first-order valence-electron chi connectivity index (χ1n) is 5.66. The number of halogens is 4. The van der Waals surface area contributed by atoms with Gasteiger partial charge in [0.15, 0.2) is 23.3 Å². The summed E-state index contributed by atoms with van der Waals surface area (Å²) in [6.45, 7) is 0.344. The van der Waals surface area contributed by atoms with Gasteiger partial charge in [-0.2, -0.15) is 0 Å². The summed E-state index contributed by atoms with van der Waals surface area (Å²) in [5.74, 6) is -5.15. The fourth-order valence-corrected chi connectivity index (χ4v) is 2.19. The maximum Gasteiger partial charge on any atom is 0.185 e. The van der Waals surface area contributed by atoms with Crippen molar-refractivity contribution in [2.24, 2.45) is 5.92 Å². The highest BCUT2D eigenvalue weighted by Gasteiger charge is 2.21. The summed E-state index contributed by atoms with van der Waals surface area (Å²) >= 11 is 0. The fourth-order valence-electron chi connectivity index (χ4n) is 2.19. The third-order valence-electron chi connectivity index (χ3n) is 3.15. The topological polar surface area (TPSA) is 12.0 Å². The molecule has 1 N–H and O–H groups in total. The lowest BCUT2D eigenvalue weighted by atomic mass is 10.1. The van der Waals surface area contributed by atoms with Crippen LogP contribution in [0.3, 0.4) is 0 Å². The summed E-state index contributed by atoms with van der Waals surface area (Å²) < 4.78 is 52.3. The van der Waals surface area contributed by atoms with Crippen LogP contribution < -0.4 is 5.32 Å². The van der Waals surface area contributed by atoms with Crippen LogP contribution in [0.4, 0.5) is 23.2 Å². The minimum absolute atomic E-state index is 0.214. The molecule has 0 saturated heterocycles. The highest BCUT2D eigenvalue weighted by Crippen LogP contribution is 2.28. The first-order chi connectivity index (χ1) is 8.09. The third kappa shape index (κ3) is 2.53. The summed E-state index contributed by atoms with van der Waals surface area (Å²) in [6.07, 6.45) is 4.14. The van der Waals surface area contributed by atoms with Gasteiger partial charge >= 0.3 is 0 Å². The molecular formula is C12H13F4N. The van der Waals surface area contributed by atoms with E-state index in [2.05, 4.69) is 5.32 Å². The molecule has 0 aliphatic heterocycles. The monoisotopic (exact) mass is 247 g/mol. The first kappa shape index (κ1) is 12.2. The average molecular weight is 247 g/mol. The highest BCUT2D eigenvalue weighted by atomic mass is 19.2. The van der Waals surface area contributed by atoms with E-state index in [1.807, 2.05) is 0 Å². The molecular weight excluding hydrogens is 234 g/mol. The molecule has 0 heterocycles. The Morgan fingerprint density at radius 1 is 1.00 bits per heavy atom. The normalized spacial score (nSPS) is 16.5. The number of rotatable bonds is 3. The van der Waals surface area contributed by atoms with E-state index in [4.69, 9.17) is 0 Å². The van der Waals surface area contributed by atoms with E-state index in [0.717, 1.165) is 25.7 Å². The summed E-state index contributed by atoms with van der Waals surface area (Å²) in [5.41, 5.74) is -0.700. The van der Waals surface area contributed by atoms with Crippen molar-refractivity contribution in [2.45, 2.75) is 25.7 Å². The molecule has 1 aliphatic carbocycles. The Hall–Kier alpha value is -1.26. The van der Waals surface area contributed by atoms with Crippen molar-refractivity contribution >= 4 is 5.69 Å². The molecule has 94 valence electrons. The van der Waals surface area contributed by atoms with E-state index in [1.165, 1.54) is 0 Å². The van der Waals surface area contributed by atoms with Crippen molar-refractivity contribution in [1.82, 2.24) is 0 Å². The second kappa shape index (κ2) is 4.94. The van der Waals surface area contributed by atoms with Gasteiger partial charge in [0.05, 0.1) is 0 Å². The maximum absolute atomic E-state index is 13.3. The molecule has 0 amide bonds. The molecule has 1 saturated carbocycles. The van der Waals surface area contributed by atoms with Gasteiger partial charge in [-0.1, -0.05) is 12.8 Å². The Kier molecular flexibility index (Phi) is 3.54. The standard InChI is InChI=1S/C12H13F4N/c13-8-5-9(14)11(16)12(10(8)15)17-6-7-3-1-2-4-7/h5,7,17H,1-4,6H2. The average Bonchev–Trinajstić information content (AvgIpc) is 2.79. The Bertz CT molecular complexity index is 387. The van der Waals surface area contributed by atoms with E-state index < -0.39 is 29.0 Å². The van der Waals surface area contributed by atoms with Gasteiger partial charge in [-0.15, -0.1) is 0 Å². The van der Waals surface area contributed by atoms with Gasteiger partial charge in [-0.05, 0) is 18.8 Å². The van der Waals surface area contributed by atoms with E-state index in [9.17, 15) is 17.6 Å². The predicted molar refractivity (Wildman–Crippen MR) is 56.7 cm³/mol. The van der Waals surface area contributed by atoms with Crippen molar-refractivity contribution < 1.29 is 17.6 Å². The summed E-state index contributed by atoms with van der Waals surface area (Å²) in [4.78, 5) is 0. The molecule has 0 bridgehead atoms. The van der Waals surface area contributed by atoms with Gasteiger partial charge in [0.1, 0.15) is 5.69 Å². The molecule has 5 heteroatoms. The minimum atomic E-state index is -1.38. The largest absolute Gasteiger partial charge is 0.380 e. The second-order valence-electron chi connectivity index (χ2n) is 4.37. The van der Waals surface area contributed by atoms with E-state index in [-0.39, 0.29) is 6.07 Å². The molecule has 17 heavy (non-hydrogen) atoms.